The van der Waals surface area contributed by atoms with Gasteiger partial charge in [-0.1, -0.05) is 5.21 Å². The van der Waals surface area contributed by atoms with Crippen molar-refractivity contribution < 1.29 is 14.3 Å². The summed E-state index contributed by atoms with van der Waals surface area (Å²) in [6, 6.07) is 0. The second kappa shape index (κ2) is 7.08. The molecule has 15 heavy (non-hydrogen) atoms. The van der Waals surface area contributed by atoms with Crippen molar-refractivity contribution in [1.82, 2.24) is 15.0 Å². The molecule has 6 heteroatoms. The van der Waals surface area contributed by atoms with Gasteiger partial charge in [-0.05, 0) is 6.92 Å². The number of rotatable bonds is 8. The van der Waals surface area contributed by atoms with Crippen LogP contribution in [0.5, 0.6) is 0 Å². The maximum atomic E-state index is 10.3. The van der Waals surface area contributed by atoms with Crippen LogP contribution < -0.4 is 0 Å². The standard InChI is InChI=1S/C9H15N3O3/c1-2-14-5-6-15-4-3-12-7-9(8-13)10-11-12/h7-8H,2-6H2,1H3. The van der Waals surface area contributed by atoms with Crippen LogP contribution in [0.1, 0.15) is 17.4 Å². The van der Waals surface area contributed by atoms with Crippen molar-refractivity contribution >= 4 is 6.29 Å². The van der Waals surface area contributed by atoms with E-state index in [0.717, 1.165) is 0 Å². The van der Waals surface area contributed by atoms with Gasteiger partial charge in [-0.2, -0.15) is 0 Å². The summed E-state index contributed by atoms with van der Waals surface area (Å²) in [6.07, 6.45) is 2.25. The Kier molecular flexibility index (Phi) is 5.57. The molecule has 0 aliphatic carbocycles. The molecule has 0 saturated heterocycles. The van der Waals surface area contributed by atoms with E-state index in [0.29, 0.717) is 45.0 Å². The normalized spacial score (nSPS) is 10.5. The number of ether oxygens (including phenoxy) is 2. The Bertz CT molecular complexity index is 288. The fraction of sp³-hybridized carbons (Fsp3) is 0.667. The van der Waals surface area contributed by atoms with Gasteiger partial charge in [0.25, 0.3) is 0 Å². The van der Waals surface area contributed by atoms with Gasteiger partial charge >= 0.3 is 0 Å². The first-order chi connectivity index (χ1) is 7.36. The van der Waals surface area contributed by atoms with E-state index in [9.17, 15) is 4.79 Å². The van der Waals surface area contributed by atoms with Crippen LogP contribution in [0.2, 0.25) is 0 Å². The summed E-state index contributed by atoms with van der Waals surface area (Å²) in [6.45, 7) is 4.95. The van der Waals surface area contributed by atoms with Gasteiger partial charge in [0.2, 0.25) is 0 Å². The lowest BCUT2D eigenvalue weighted by atomic mass is 10.5. The molecule has 0 aliphatic heterocycles. The van der Waals surface area contributed by atoms with Gasteiger partial charge in [0.05, 0.1) is 32.6 Å². The smallest absolute Gasteiger partial charge is 0.171 e. The number of nitrogens with zero attached hydrogens (tertiary/aromatic N) is 3. The van der Waals surface area contributed by atoms with E-state index in [2.05, 4.69) is 10.3 Å². The Morgan fingerprint density at radius 1 is 1.40 bits per heavy atom. The van der Waals surface area contributed by atoms with E-state index in [1.54, 1.807) is 10.9 Å². The van der Waals surface area contributed by atoms with E-state index in [1.807, 2.05) is 6.92 Å². The molecule has 1 aromatic rings. The Balaban J connectivity index is 2.07. The molecule has 0 aliphatic rings. The van der Waals surface area contributed by atoms with Crippen molar-refractivity contribution in [2.45, 2.75) is 13.5 Å². The fourth-order valence-corrected chi connectivity index (χ4v) is 0.999. The first-order valence-electron chi connectivity index (χ1n) is 4.87. The highest BCUT2D eigenvalue weighted by Crippen LogP contribution is 1.89. The molecule has 0 saturated carbocycles. The molecule has 0 N–H and O–H groups in total. The zero-order valence-electron chi connectivity index (χ0n) is 8.76. The molecule has 0 spiro atoms. The minimum Gasteiger partial charge on any atom is -0.379 e. The SMILES string of the molecule is CCOCCOCCn1cc(C=O)nn1. The quantitative estimate of drug-likeness (QED) is 0.454. The summed E-state index contributed by atoms with van der Waals surface area (Å²) in [5.41, 5.74) is 0.337. The third-order valence-corrected chi connectivity index (χ3v) is 1.72. The summed E-state index contributed by atoms with van der Waals surface area (Å²) >= 11 is 0. The molecule has 0 bridgehead atoms. The molecule has 1 aromatic heterocycles. The van der Waals surface area contributed by atoms with Crippen molar-refractivity contribution in [3.8, 4) is 0 Å². The molecule has 0 unspecified atom stereocenters. The Morgan fingerprint density at radius 2 is 2.20 bits per heavy atom. The van der Waals surface area contributed by atoms with E-state index in [-0.39, 0.29) is 0 Å². The predicted molar refractivity (Wildman–Crippen MR) is 52.7 cm³/mol. The predicted octanol–water partition coefficient (Wildman–Crippen LogP) is 0.144. The first kappa shape index (κ1) is 11.8. The molecule has 0 radical (unpaired) electrons. The van der Waals surface area contributed by atoms with E-state index < -0.39 is 0 Å². The van der Waals surface area contributed by atoms with Gasteiger partial charge in [0, 0.05) is 6.61 Å². The number of hydrogen-bond donors (Lipinski definition) is 0. The number of carbonyl (C=O) groups excluding carboxylic acids is 1. The molecule has 6 nitrogen and oxygen atoms in total. The monoisotopic (exact) mass is 213 g/mol. The highest BCUT2D eigenvalue weighted by Gasteiger charge is 1.97. The van der Waals surface area contributed by atoms with Crippen LogP contribution in [0.25, 0.3) is 0 Å². The summed E-state index contributed by atoms with van der Waals surface area (Å²) in [7, 11) is 0. The number of carbonyl (C=O) groups is 1. The third-order valence-electron chi connectivity index (χ3n) is 1.72. The first-order valence-corrected chi connectivity index (χ1v) is 4.87. The molecule has 0 atom stereocenters. The molecule has 0 aromatic carbocycles. The summed E-state index contributed by atoms with van der Waals surface area (Å²) in [4.78, 5) is 10.3. The van der Waals surface area contributed by atoms with Gasteiger partial charge in [0.15, 0.2) is 6.29 Å². The van der Waals surface area contributed by atoms with E-state index >= 15 is 0 Å². The van der Waals surface area contributed by atoms with Crippen molar-refractivity contribution in [3.05, 3.63) is 11.9 Å². The van der Waals surface area contributed by atoms with Crippen LogP contribution in [0.15, 0.2) is 6.20 Å². The lowest BCUT2D eigenvalue weighted by Crippen LogP contribution is -2.10. The van der Waals surface area contributed by atoms with Crippen molar-refractivity contribution in [1.29, 1.82) is 0 Å². The fourth-order valence-electron chi connectivity index (χ4n) is 0.999. The largest absolute Gasteiger partial charge is 0.379 e. The Labute approximate surface area is 88.2 Å². The molecule has 0 amide bonds. The zero-order chi connectivity index (χ0) is 10.9. The van der Waals surface area contributed by atoms with E-state index in [1.165, 1.54) is 0 Å². The number of aldehydes is 1. The average molecular weight is 213 g/mol. The van der Waals surface area contributed by atoms with Crippen LogP contribution in [-0.4, -0.2) is 47.7 Å². The molecule has 0 fully saturated rings. The number of hydrogen-bond acceptors (Lipinski definition) is 5. The van der Waals surface area contributed by atoms with Crippen molar-refractivity contribution in [3.63, 3.8) is 0 Å². The maximum Gasteiger partial charge on any atom is 0.171 e. The maximum absolute atomic E-state index is 10.3. The van der Waals surface area contributed by atoms with Gasteiger partial charge in [-0.15, -0.1) is 5.10 Å². The summed E-state index contributed by atoms with van der Waals surface area (Å²) in [5, 5.41) is 7.37. The molecular weight excluding hydrogens is 198 g/mol. The molecular formula is C9H15N3O3. The third kappa shape index (κ3) is 4.66. The van der Waals surface area contributed by atoms with Crippen LogP contribution in [0, 0.1) is 0 Å². The lowest BCUT2D eigenvalue weighted by Gasteiger charge is -2.03. The molecule has 1 heterocycles. The van der Waals surface area contributed by atoms with Gasteiger partial charge < -0.3 is 9.47 Å². The minimum atomic E-state index is 0.337. The number of aromatic nitrogens is 3. The van der Waals surface area contributed by atoms with Gasteiger partial charge in [-0.3, -0.25) is 4.79 Å². The highest BCUT2D eigenvalue weighted by molar-refractivity contribution is 5.70. The van der Waals surface area contributed by atoms with Crippen LogP contribution in [0.4, 0.5) is 0 Å². The lowest BCUT2D eigenvalue weighted by molar-refractivity contribution is 0.0486. The highest BCUT2D eigenvalue weighted by atomic mass is 16.5. The average Bonchev–Trinajstić information content (AvgIpc) is 2.71. The van der Waals surface area contributed by atoms with Crippen molar-refractivity contribution in [2.75, 3.05) is 26.4 Å². The topological polar surface area (TPSA) is 66.2 Å². The van der Waals surface area contributed by atoms with Crippen LogP contribution in [0.3, 0.4) is 0 Å². The van der Waals surface area contributed by atoms with E-state index in [4.69, 9.17) is 9.47 Å². The second-order valence-corrected chi connectivity index (χ2v) is 2.83. The minimum absolute atomic E-state index is 0.337. The van der Waals surface area contributed by atoms with Crippen molar-refractivity contribution in [2.24, 2.45) is 0 Å². The summed E-state index contributed by atoms with van der Waals surface area (Å²) in [5.74, 6) is 0. The van der Waals surface area contributed by atoms with Crippen LogP contribution >= 0.6 is 0 Å². The second-order valence-electron chi connectivity index (χ2n) is 2.83. The van der Waals surface area contributed by atoms with Gasteiger partial charge in [0.1, 0.15) is 5.69 Å². The molecule has 84 valence electrons. The van der Waals surface area contributed by atoms with Crippen LogP contribution in [-0.2, 0) is 16.0 Å². The Hall–Kier alpha value is -1.27. The zero-order valence-corrected chi connectivity index (χ0v) is 8.76. The summed E-state index contributed by atoms with van der Waals surface area (Å²) < 4.78 is 12.0. The Morgan fingerprint density at radius 3 is 2.87 bits per heavy atom. The van der Waals surface area contributed by atoms with Gasteiger partial charge in [-0.25, -0.2) is 4.68 Å². The molecule has 1 rings (SSSR count).